The third-order valence-electron chi connectivity index (χ3n) is 11.9. The quantitative estimate of drug-likeness (QED) is 0.247. The maximum Gasteiger partial charge on any atom is 0.333 e. The van der Waals surface area contributed by atoms with Crippen molar-refractivity contribution in [3.05, 3.63) is 47.5 Å². The summed E-state index contributed by atoms with van der Waals surface area (Å²) in [5.74, 6) is -5.92. The number of hydrogen-bond acceptors (Lipinski definition) is 10. The molecule has 4 aliphatic heterocycles. The van der Waals surface area contributed by atoms with Crippen molar-refractivity contribution in [3.63, 3.8) is 0 Å². The lowest BCUT2D eigenvalue weighted by Gasteiger charge is -2.55. The van der Waals surface area contributed by atoms with Crippen LogP contribution in [0.5, 0.6) is 0 Å². The van der Waals surface area contributed by atoms with Gasteiger partial charge >= 0.3 is 23.9 Å². The van der Waals surface area contributed by atoms with Crippen molar-refractivity contribution in [2.45, 2.75) is 114 Å². The molecule has 12 atom stereocenters. The van der Waals surface area contributed by atoms with Crippen LogP contribution in [0.25, 0.3) is 0 Å². The van der Waals surface area contributed by atoms with Gasteiger partial charge in [-0.3, -0.25) is 24.2 Å². The van der Waals surface area contributed by atoms with Crippen LogP contribution in [0.15, 0.2) is 42.0 Å². The highest BCUT2D eigenvalue weighted by atomic mass is 16.6. The van der Waals surface area contributed by atoms with E-state index in [9.17, 15) is 29.4 Å². The molecule has 250 valence electrons. The Bertz CT molecular complexity index is 1400. The number of aliphatic carboxylic acids is 1. The molecule has 1 saturated carbocycles. The Morgan fingerprint density at radius 3 is 2.09 bits per heavy atom. The molecular weight excluding hydrogens is 592 g/mol. The fourth-order valence-corrected chi connectivity index (χ4v) is 9.10. The highest BCUT2D eigenvalue weighted by Gasteiger charge is 2.71. The number of aliphatic hydroxyl groups excluding tert-OH is 1. The summed E-state index contributed by atoms with van der Waals surface area (Å²) in [5, 5.41) is 20.8. The molecule has 0 amide bonds. The van der Waals surface area contributed by atoms with E-state index in [1.807, 2.05) is 20.2 Å². The molecule has 1 aliphatic carbocycles. The molecule has 11 nitrogen and oxygen atoms in total. The third kappa shape index (κ3) is 5.44. The molecular formula is C35H46N2O9. The number of likely N-dealkylation sites (N-methyl/N-ethyl adjacent to an activating group) is 2. The minimum Gasteiger partial charge on any atom is -0.481 e. The predicted molar refractivity (Wildman–Crippen MR) is 165 cm³/mol. The first-order valence-corrected chi connectivity index (χ1v) is 16.5. The van der Waals surface area contributed by atoms with Crippen molar-refractivity contribution in [2.24, 2.45) is 17.3 Å². The smallest absolute Gasteiger partial charge is 0.333 e. The fourth-order valence-electron chi connectivity index (χ4n) is 9.10. The van der Waals surface area contributed by atoms with Crippen molar-refractivity contribution in [3.8, 4) is 0 Å². The van der Waals surface area contributed by atoms with E-state index >= 15 is 0 Å². The monoisotopic (exact) mass is 638 g/mol. The molecule has 4 heterocycles. The SMILES string of the molecule is C/C=C(\C)C(=O)O[C@@H]1C[C@@H]2C[C@H](OC(=O)C3C(c4ccccc4)C(C(=O)O)C3(C)C(=O)O[C@@H]3C[C@@H]4C[C@@H](O)C[C@H]3N4C)C[C@H]1N2C. The molecule has 6 rings (SSSR count). The molecule has 11 heteroatoms. The van der Waals surface area contributed by atoms with E-state index in [0.29, 0.717) is 49.7 Å². The second-order valence-electron chi connectivity index (χ2n) is 14.3. The number of carbonyl (C=O) groups is 4. The first kappa shape index (κ1) is 32.7. The second kappa shape index (κ2) is 12.4. The van der Waals surface area contributed by atoms with Gasteiger partial charge in [0, 0.05) is 55.3 Å². The molecule has 4 saturated heterocycles. The van der Waals surface area contributed by atoms with E-state index in [4.69, 9.17) is 14.2 Å². The average molecular weight is 639 g/mol. The minimum absolute atomic E-state index is 0.0451. The van der Waals surface area contributed by atoms with Gasteiger partial charge in [0.1, 0.15) is 18.3 Å². The van der Waals surface area contributed by atoms with Gasteiger partial charge in [0.25, 0.3) is 0 Å². The van der Waals surface area contributed by atoms with Crippen LogP contribution in [0.3, 0.4) is 0 Å². The third-order valence-corrected chi connectivity index (χ3v) is 11.9. The molecule has 2 N–H and O–H groups in total. The number of piperidine rings is 2. The molecule has 46 heavy (non-hydrogen) atoms. The maximum absolute atomic E-state index is 14.2. The van der Waals surface area contributed by atoms with E-state index in [0.717, 1.165) is 0 Å². The van der Waals surface area contributed by atoms with Gasteiger partial charge in [0.2, 0.25) is 0 Å². The zero-order valence-electron chi connectivity index (χ0n) is 27.2. The Labute approximate surface area is 269 Å². The van der Waals surface area contributed by atoms with Crippen LogP contribution in [0.2, 0.25) is 0 Å². The van der Waals surface area contributed by atoms with Crippen LogP contribution in [0, 0.1) is 17.3 Å². The number of carbonyl (C=O) groups excluding carboxylic acids is 3. The lowest BCUT2D eigenvalue weighted by molar-refractivity contribution is -0.207. The summed E-state index contributed by atoms with van der Waals surface area (Å²) >= 11 is 0. The zero-order valence-corrected chi connectivity index (χ0v) is 27.2. The number of carboxylic acids is 1. The lowest BCUT2D eigenvalue weighted by Crippen LogP contribution is -2.65. The molecule has 0 aromatic heterocycles. The molecule has 1 aromatic carbocycles. The Morgan fingerprint density at radius 1 is 0.848 bits per heavy atom. The van der Waals surface area contributed by atoms with Gasteiger partial charge < -0.3 is 24.4 Å². The van der Waals surface area contributed by atoms with Crippen molar-refractivity contribution in [1.82, 2.24) is 9.80 Å². The summed E-state index contributed by atoms with van der Waals surface area (Å²) < 4.78 is 18.1. The van der Waals surface area contributed by atoms with Gasteiger partial charge in [-0.1, -0.05) is 36.4 Å². The van der Waals surface area contributed by atoms with Crippen LogP contribution in [0.4, 0.5) is 0 Å². The van der Waals surface area contributed by atoms with Crippen molar-refractivity contribution in [2.75, 3.05) is 14.1 Å². The van der Waals surface area contributed by atoms with Crippen LogP contribution >= 0.6 is 0 Å². The predicted octanol–water partition coefficient (Wildman–Crippen LogP) is 2.90. The van der Waals surface area contributed by atoms with Crippen LogP contribution in [-0.2, 0) is 33.4 Å². The number of hydrogen-bond donors (Lipinski definition) is 2. The number of fused-ring (bicyclic) bond motifs is 4. The summed E-state index contributed by atoms with van der Waals surface area (Å²) in [6, 6.07) is 8.76. The number of carboxylic acid groups (broad SMARTS) is 1. The highest BCUT2D eigenvalue weighted by Crippen LogP contribution is 2.62. The molecule has 4 bridgehead atoms. The van der Waals surface area contributed by atoms with Gasteiger partial charge in [0.15, 0.2) is 0 Å². The van der Waals surface area contributed by atoms with Crippen molar-refractivity contribution in [1.29, 1.82) is 0 Å². The minimum atomic E-state index is -1.66. The lowest BCUT2D eigenvalue weighted by atomic mass is 9.45. The molecule has 5 fully saturated rings. The molecule has 4 unspecified atom stereocenters. The molecule has 5 aliphatic rings. The standard InChI is InChI=1S/C35H46N2O9/c1-6-18(2)32(41)45-26-15-21-13-23(17-25(26)37(21)5)44-33(42)30-28(19-10-8-7-9-11-19)29(31(39)40)35(30,3)34(43)46-27-14-20-12-22(38)16-24(27)36(20)4/h6-11,20-30,38H,12-17H2,1-5H3,(H,39,40)/b18-6+/t20-,21-,22+,23-,24+,25+,26+,27+,28?,29?,30?,35?/m0/s1. The van der Waals surface area contributed by atoms with Crippen molar-refractivity contribution >= 4 is 23.9 Å². The highest BCUT2D eigenvalue weighted by molar-refractivity contribution is 5.95. The number of benzene rings is 1. The second-order valence-corrected chi connectivity index (χ2v) is 14.3. The number of allylic oxidation sites excluding steroid dienone is 1. The number of ether oxygens (including phenoxy) is 3. The Kier molecular flexibility index (Phi) is 8.80. The van der Waals surface area contributed by atoms with E-state index in [2.05, 4.69) is 9.80 Å². The van der Waals surface area contributed by atoms with E-state index in [1.54, 1.807) is 44.2 Å². The largest absolute Gasteiger partial charge is 0.481 e. The van der Waals surface area contributed by atoms with Gasteiger partial charge in [-0.15, -0.1) is 0 Å². The summed E-state index contributed by atoms with van der Waals surface area (Å²) in [7, 11) is 3.94. The Balaban J connectivity index is 1.23. The zero-order chi connectivity index (χ0) is 33.1. The Morgan fingerprint density at radius 2 is 1.46 bits per heavy atom. The summed E-state index contributed by atoms with van der Waals surface area (Å²) in [6.07, 6.45) is 3.15. The van der Waals surface area contributed by atoms with Gasteiger partial charge in [-0.25, -0.2) is 4.79 Å². The van der Waals surface area contributed by atoms with E-state index in [1.165, 1.54) is 6.92 Å². The normalized spacial score (nSPS) is 40.6. The number of esters is 3. The van der Waals surface area contributed by atoms with E-state index in [-0.39, 0.29) is 36.2 Å². The molecule has 0 radical (unpaired) electrons. The van der Waals surface area contributed by atoms with Crippen molar-refractivity contribution < 1.29 is 43.6 Å². The summed E-state index contributed by atoms with van der Waals surface area (Å²) in [6.45, 7) is 5.03. The van der Waals surface area contributed by atoms with Gasteiger partial charge in [-0.05, 0) is 53.3 Å². The number of nitrogens with zero attached hydrogens (tertiary/aromatic N) is 2. The molecule has 1 aromatic rings. The molecule has 0 spiro atoms. The first-order valence-electron chi connectivity index (χ1n) is 16.5. The maximum atomic E-state index is 14.2. The average Bonchev–Trinajstić information content (AvgIpc) is 3.27. The number of rotatable bonds is 8. The number of aliphatic hydroxyl groups is 1. The van der Waals surface area contributed by atoms with Crippen LogP contribution < -0.4 is 0 Å². The Hall–Kier alpha value is -3.28. The van der Waals surface area contributed by atoms with Gasteiger partial charge in [0.05, 0.1) is 29.4 Å². The van der Waals surface area contributed by atoms with Gasteiger partial charge in [-0.2, -0.15) is 0 Å². The summed E-state index contributed by atoms with van der Waals surface area (Å²) in [4.78, 5) is 58.0. The topological polar surface area (TPSA) is 143 Å². The first-order chi connectivity index (χ1) is 21.8. The van der Waals surface area contributed by atoms with Crippen LogP contribution in [0.1, 0.15) is 70.8 Å². The summed E-state index contributed by atoms with van der Waals surface area (Å²) in [5.41, 5.74) is -0.479. The van der Waals surface area contributed by atoms with Crippen LogP contribution in [-0.4, -0.2) is 107 Å². The van der Waals surface area contributed by atoms with E-state index < -0.39 is 59.4 Å². The fraction of sp³-hybridized carbons (Fsp3) is 0.657.